The zero-order valence-electron chi connectivity index (χ0n) is 6.97. The second-order valence-electron chi connectivity index (χ2n) is 2.59. The summed E-state index contributed by atoms with van der Waals surface area (Å²) in [5, 5.41) is 8.64. The standard InChI is InChI=1S/C9H7BrN2O/c1-5(13)7-3-9(12)6(4-11)2-8(7)10/h2-3H,12H2,1H3. The minimum atomic E-state index is -0.0805. The van der Waals surface area contributed by atoms with Crippen LogP contribution in [0.25, 0.3) is 0 Å². The van der Waals surface area contributed by atoms with Gasteiger partial charge in [-0.3, -0.25) is 4.79 Å². The van der Waals surface area contributed by atoms with Crippen molar-refractivity contribution in [3.63, 3.8) is 0 Å². The van der Waals surface area contributed by atoms with Gasteiger partial charge in [0.15, 0.2) is 5.78 Å². The second kappa shape index (κ2) is 3.58. The minimum Gasteiger partial charge on any atom is -0.398 e. The molecular weight excluding hydrogens is 232 g/mol. The van der Waals surface area contributed by atoms with E-state index in [0.29, 0.717) is 21.3 Å². The molecule has 0 fully saturated rings. The molecule has 0 aliphatic rings. The summed E-state index contributed by atoms with van der Waals surface area (Å²) in [4.78, 5) is 11.0. The van der Waals surface area contributed by atoms with Crippen molar-refractivity contribution in [3.05, 3.63) is 27.7 Å². The molecule has 0 aromatic heterocycles. The molecule has 0 radical (unpaired) electrons. The molecule has 1 aromatic carbocycles. The van der Waals surface area contributed by atoms with Crippen LogP contribution in [0.2, 0.25) is 0 Å². The average molecular weight is 239 g/mol. The maximum atomic E-state index is 11.0. The Kier molecular flexibility index (Phi) is 2.69. The fourth-order valence-electron chi connectivity index (χ4n) is 0.957. The Morgan fingerprint density at radius 3 is 2.69 bits per heavy atom. The third-order valence-corrected chi connectivity index (χ3v) is 2.30. The van der Waals surface area contributed by atoms with Crippen molar-refractivity contribution in [2.45, 2.75) is 6.92 Å². The maximum absolute atomic E-state index is 11.0. The number of benzene rings is 1. The number of nitrogens with zero attached hydrogens (tertiary/aromatic N) is 1. The van der Waals surface area contributed by atoms with E-state index in [4.69, 9.17) is 11.0 Å². The van der Waals surface area contributed by atoms with Crippen molar-refractivity contribution in [3.8, 4) is 6.07 Å². The van der Waals surface area contributed by atoms with E-state index < -0.39 is 0 Å². The molecule has 66 valence electrons. The summed E-state index contributed by atoms with van der Waals surface area (Å²) in [6.07, 6.45) is 0. The van der Waals surface area contributed by atoms with Crippen LogP contribution in [0.4, 0.5) is 5.69 Å². The number of ketones is 1. The van der Waals surface area contributed by atoms with Gasteiger partial charge in [0.1, 0.15) is 6.07 Å². The van der Waals surface area contributed by atoms with Gasteiger partial charge in [-0.25, -0.2) is 0 Å². The van der Waals surface area contributed by atoms with E-state index in [2.05, 4.69) is 15.9 Å². The zero-order valence-corrected chi connectivity index (χ0v) is 8.55. The summed E-state index contributed by atoms with van der Waals surface area (Å²) in [6.45, 7) is 1.45. The summed E-state index contributed by atoms with van der Waals surface area (Å²) in [6, 6.07) is 4.99. The highest BCUT2D eigenvalue weighted by Gasteiger charge is 2.08. The number of halogens is 1. The third-order valence-electron chi connectivity index (χ3n) is 1.64. The normalized spacial score (nSPS) is 9.31. The molecule has 1 rings (SSSR count). The van der Waals surface area contributed by atoms with E-state index in [1.165, 1.54) is 13.0 Å². The van der Waals surface area contributed by atoms with Crippen LogP contribution in [0.5, 0.6) is 0 Å². The number of nitrogens with two attached hydrogens (primary N) is 1. The van der Waals surface area contributed by atoms with Crippen molar-refractivity contribution in [2.24, 2.45) is 0 Å². The number of rotatable bonds is 1. The molecule has 4 heteroatoms. The number of hydrogen-bond acceptors (Lipinski definition) is 3. The largest absolute Gasteiger partial charge is 0.398 e. The van der Waals surface area contributed by atoms with Gasteiger partial charge in [0.05, 0.1) is 11.3 Å². The summed E-state index contributed by atoms with van der Waals surface area (Å²) in [5.74, 6) is -0.0805. The summed E-state index contributed by atoms with van der Waals surface area (Å²) in [7, 11) is 0. The average Bonchev–Trinajstić information content (AvgIpc) is 2.07. The fraction of sp³-hybridized carbons (Fsp3) is 0.111. The Hall–Kier alpha value is -1.34. The molecule has 0 unspecified atom stereocenters. The quantitative estimate of drug-likeness (QED) is 0.602. The van der Waals surface area contributed by atoms with Gasteiger partial charge in [-0.15, -0.1) is 0 Å². The molecule has 3 nitrogen and oxygen atoms in total. The van der Waals surface area contributed by atoms with Crippen LogP contribution < -0.4 is 5.73 Å². The molecule has 13 heavy (non-hydrogen) atoms. The summed E-state index contributed by atoms with van der Waals surface area (Å²) >= 11 is 3.20. The molecular formula is C9H7BrN2O. The monoisotopic (exact) mass is 238 g/mol. The Morgan fingerprint density at radius 1 is 1.62 bits per heavy atom. The van der Waals surface area contributed by atoms with Crippen molar-refractivity contribution in [2.75, 3.05) is 5.73 Å². The van der Waals surface area contributed by atoms with Crippen molar-refractivity contribution >= 4 is 27.4 Å². The van der Waals surface area contributed by atoms with Crippen LogP contribution in [0, 0.1) is 11.3 Å². The second-order valence-corrected chi connectivity index (χ2v) is 3.44. The molecule has 0 saturated carbocycles. The number of Topliss-reactive ketones (excluding diaryl/α,β-unsaturated/α-hetero) is 1. The van der Waals surface area contributed by atoms with Gasteiger partial charge in [-0.05, 0) is 35.0 Å². The van der Waals surface area contributed by atoms with E-state index in [0.717, 1.165) is 0 Å². The zero-order chi connectivity index (χ0) is 10.0. The lowest BCUT2D eigenvalue weighted by Gasteiger charge is -2.03. The molecule has 0 amide bonds. The highest BCUT2D eigenvalue weighted by molar-refractivity contribution is 9.10. The molecule has 0 saturated heterocycles. The number of carbonyl (C=O) groups is 1. The number of nitriles is 1. The molecule has 2 N–H and O–H groups in total. The first kappa shape index (κ1) is 9.75. The van der Waals surface area contributed by atoms with Crippen LogP contribution in [-0.4, -0.2) is 5.78 Å². The first-order chi connectivity index (χ1) is 6.06. The van der Waals surface area contributed by atoms with Gasteiger partial charge >= 0.3 is 0 Å². The maximum Gasteiger partial charge on any atom is 0.161 e. The highest BCUT2D eigenvalue weighted by atomic mass is 79.9. The summed E-state index contributed by atoms with van der Waals surface area (Å²) in [5.41, 5.74) is 6.74. The third kappa shape index (κ3) is 1.87. The lowest BCUT2D eigenvalue weighted by atomic mass is 10.1. The number of nitrogen functional groups attached to an aromatic ring is 1. The molecule has 0 heterocycles. The van der Waals surface area contributed by atoms with Gasteiger partial charge in [0, 0.05) is 10.0 Å². The topological polar surface area (TPSA) is 66.9 Å². The number of anilines is 1. The van der Waals surface area contributed by atoms with Crippen LogP contribution in [0.3, 0.4) is 0 Å². The van der Waals surface area contributed by atoms with E-state index in [-0.39, 0.29) is 5.78 Å². The number of carbonyl (C=O) groups excluding carboxylic acids is 1. The van der Waals surface area contributed by atoms with Crippen molar-refractivity contribution < 1.29 is 4.79 Å². The smallest absolute Gasteiger partial charge is 0.161 e. The van der Waals surface area contributed by atoms with Gasteiger partial charge < -0.3 is 5.73 Å². The lowest BCUT2D eigenvalue weighted by Crippen LogP contribution is -1.98. The molecule has 1 aromatic rings. The highest BCUT2D eigenvalue weighted by Crippen LogP contribution is 2.23. The molecule has 0 aliphatic carbocycles. The number of hydrogen-bond donors (Lipinski definition) is 1. The minimum absolute atomic E-state index is 0.0805. The first-order valence-electron chi connectivity index (χ1n) is 3.56. The van der Waals surface area contributed by atoms with Crippen LogP contribution in [0.1, 0.15) is 22.8 Å². The van der Waals surface area contributed by atoms with Crippen LogP contribution >= 0.6 is 15.9 Å². The molecule has 0 aliphatic heterocycles. The van der Waals surface area contributed by atoms with Crippen molar-refractivity contribution in [1.29, 1.82) is 5.26 Å². The Labute approximate surface area is 84.3 Å². The predicted octanol–water partition coefficient (Wildman–Crippen LogP) is 2.11. The van der Waals surface area contributed by atoms with Gasteiger partial charge in [-0.2, -0.15) is 5.26 Å². The molecule has 0 spiro atoms. The first-order valence-corrected chi connectivity index (χ1v) is 4.35. The van der Waals surface area contributed by atoms with Crippen LogP contribution in [-0.2, 0) is 0 Å². The summed E-state index contributed by atoms with van der Waals surface area (Å²) < 4.78 is 0.603. The van der Waals surface area contributed by atoms with Gasteiger partial charge in [0.25, 0.3) is 0 Å². The predicted molar refractivity (Wildman–Crippen MR) is 53.3 cm³/mol. The fourth-order valence-corrected chi connectivity index (χ4v) is 1.58. The van der Waals surface area contributed by atoms with E-state index in [1.54, 1.807) is 6.07 Å². The Morgan fingerprint density at radius 2 is 2.23 bits per heavy atom. The van der Waals surface area contributed by atoms with E-state index >= 15 is 0 Å². The SMILES string of the molecule is CC(=O)c1cc(N)c(C#N)cc1Br. The Balaban J connectivity index is 3.39. The molecule has 0 bridgehead atoms. The Bertz CT molecular complexity index is 407. The lowest BCUT2D eigenvalue weighted by molar-refractivity contribution is 0.101. The van der Waals surface area contributed by atoms with Gasteiger partial charge in [-0.1, -0.05) is 0 Å². The van der Waals surface area contributed by atoms with Crippen LogP contribution in [0.15, 0.2) is 16.6 Å². The van der Waals surface area contributed by atoms with Gasteiger partial charge in [0.2, 0.25) is 0 Å². The van der Waals surface area contributed by atoms with Crippen molar-refractivity contribution in [1.82, 2.24) is 0 Å². The molecule has 0 atom stereocenters. The van der Waals surface area contributed by atoms with E-state index in [9.17, 15) is 4.79 Å². The van der Waals surface area contributed by atoms with E-state index in [1.807, 2.05) is 6.07 Å².